The van der Waals surface area contributed by atoms with Crippen LogP contribution in [0.5, 0.6) is 0 Å². The minimum absolute atomic E-state index is 0.00863. The van der Waals surface area contributed by atoms with Crippen LogP contribution in [0.25, 0.3) is 11.0 Å². The molecule has 0 spiro atoms. The first kappa shape index (κ1) is 19.0. The Labute approximate surface area is 177 Å². The van der Waals surface area contributed by atoms with Gasteiger partial charge in [0.25, 0.3) is 5.91 Å². The lowest BCUT2D eigenvalue weighted by atomic mass is 9.92. The number of carbonyl (C=O) groups is 2. The van der Waals surface area contributed by atoms with Gasteiger partial charge in [0.15, 0.2) is 11.5 Å². The number of carbonyl (C=O) groups excluding carboxylic acids is 2. The highest BCUT2D eigenvalue weighted by molar-refractivity contribution is 6.31. The maximum atomic E-state index is 13.4. The Balaban J connectivity index is 1.58. The van der Waals surface area contributed by atoms with Gasteiger partial charge >= 0.3 is 0 Å². The van der Waals surface area contributed by atoms with Crippen LogP contribution < -0.4 is 0 Å². The molecule has 5 rings (SSSR count). The van der Waals surface area contributed by atoms with Crippen molar-refractivity contribution in [1.82, 2.24) is 4.90 Å². The lowest BCUT2D eigenvalue weighted by Gasteiger charge is -2.35. The molecule has 6 nitrogen and oxygen atoms in total. The molecule has 2 aromatic heterocycles. The summed E-state index contributed by atoms with van der Waals surface area (Å²) in [5, 5.41) is 11.9. The van der Waals surface area contributed by atoms with Gasteiger partial charge in [0.05, 0.1) is 11.8 Å². The van der Waals surface area contributed by atoms with Gasteiger partial charge in [-0.25, -0.2) is 0 Å². The van der Waals surface area contributed by atoms with Crippen LogP contribution >= 0.6 is 11.6 Å². The molecule has 1 saturated carbocycles. The summed E-state index contributed by atoms with van der Waals surface area (Å²) in [4.78, 5) is 28.1. The fraction of sp³-hybridized carbons (Fsp3) is 0.304. The standard InChI is InChI=1S/C23H20ClNO5/c24-14-8-9-16-13(11-14)12-18(30-16)21(26)19-20(17-7-4-10-29-17)25(23(28)22(19)27)15-5-2-1-3-6-15/h4,7-12,15,20,27H,1-3,5-6H2. The third-order valence-electron chi connectivity index (χ3n) is 5.97. The zero-order valence-electron chi connectivity index (χ0n) is 16.1. The van der Waals surface area contributed by atoms with Crippen LogP contribution in [0.15, 0.2) is 62.8 Å². The number of ketones is 1. The van der Waals surface area contributed by atoms with Crippen molar-refractivity contribution in [3.8, 4) is 0 Å². The van der Waals surface area contributed by atoms with Gasteiger partial charge in [0, 0.05) is 16.5 Å². The minimum atomic E-state index is -0.778. The first-order valence-electron chi connectivity index (χ1n) is 10.1. The monoisotopic (exact) mass is 425 g/mol. The maximum absolute atomic E-state index is 13.4. The van der Waals surface area contributed by atoms with E-state index < -0.39 is 23.5 Å². The molecule has 1 atom stereocenters. The quantitative estimate of drug-likeness (QED) is 0.551. The van der Waals surface area contributed by atoms with Gasteiger partial charge in [0.2, 0.25) is 5.78 Å². The Morgan fingerprint density at radius 2 is 1.93 bits per heavy atom. The SMILES string of the molecule is O=C(C1=C(O)C(=O)N(C2CCCCC2)C1c1ccco1)c1cc2cc(Cl)ccc2o1. The smallest absolute Gasteiger partial charge is 0.290 e. The highest BCUT2D eigenvalue weighted by Gasteiger charge is 2.48. The minimum Gasteiger partial charge on any atom is -0.503 e. The Hall–Kier alpha value is -2.99. The summed E-state index contributed by atoms with van der Waals surface area (Å²) < 4.78 is 11.3. The Morgan fingerprint density at radius 1 is 1.13 bits per heavy atom. The molecule has 3 aromatic rings. The molecule has 3 heterocycles. The molecular formula is C23H20ClNO5. The Kier molecular flexibility index (Phi) is 4.66. The van der Waals surface area contributed by atoms with E-state index in [0.717, 1.165) is 32.1 Å². The first-order chi connectivity index (χ1) is 14.5. The molecule has 154 valence electrons. The number of nitrogens with zero attached hydrogens (tertiary/aromatic N) is 1. The predicted molar refractivity (Wildman–Crippen MR) is 110 cm³/mol. The number of furan rings is 2. The van der Waals surface area contributed by atoms with E-state index in [9.17, 15) is 14.7 Å². The fourth-order valence-electron chi connectivity index (χ4n) is 4.58. The van der Waals surface area contributed by atoms with Crippen molar-refractivity contribution >= 4 is 34.3 Å². The number of Topliss-reactive ketones (excluding diaryl/α,β-unsaturated/α-hetero) is 1. The molecule has 2 aliphatic rings. The molecule has 1 aliphatic carbocycles. The van der Waals surface area contributed by atoms with E-state index in [1.165, 1.54) is 6.26 Å². The molecule has 1 fully saturated rings. The van der Waals surface area contributed by atoms with Crippen LogP contribution in [-0.2, 0) is 4.79 Å². The molecule has 1 unspecified atom stereocenters. The number of hydrogen-bond donors (Lipinski definition) is 1. The summed E-state index contributed by atoms with van der Waals surface area (Å²) in [6.45, 7) is 0. The van der Waals surface area contributed by atoms with E-state index >= 15 is 0 Å². The van der Waals surface area contributed by atoms with E-state index in [1.807, 2.05) is 0 Å². The lowest BCUT2D eigenvalue weighted by molar-refractivity contribution is -0.132. The lowest BCUT2D eigenvalue weighted by Crippen LogP contribution is -2.41. The number of aliphatic hydroxyl groups excluding tert-OH is 1. The summed E-state index contributed by atoms with van der Waals surface area (Å²) >= 11 is 6.03. The van der Waals surface area contributed by atoms with Crippen LogP contribution in [0.3, 0.4) is 0 Å². The summed E-state index contributed by atoms with van der Waals surface area (Å²) in [5.41, 5.74) is 0.497. The largest absolute Gasteiger partial charge is 0.503 e. The van der Waals surface area contributed by atoms with Crippen molar-refractivity contribution < 1.29 is 23.5 Å². The van der Waals surface area contributed by atoms with E-state index in [0.29, 0.717) is 21.8 Å². The van der Waals surface area contributed by atoms with Gasteiger partial charge in [-0.15, -0.1) is 0 Å². The fourth-order valence-corrected chi connectivity index (χ4v) is 4.76. The van der Waals surface area contributed by atoms with Crippen molar-refractivity contribution in [1.29, 1.82) is 0 Å². The van der Waals surface area contributed by atoms with Gasteiger partial charge < -0.3 is 18.8 Å². The molecule has 0 radical (unpaired) electrons. The first-order valence-corrected chi connectivity index (χ1v) is 10.5. The summed E-state index contributed by atoms with van der Waals surface area (Å²) in [6, 6.07) is 9.23. The number of amides is 1. The number of benzene rings is 1. The highest BCUT2D eigenvalue weighted by Crippen LogP contribution is 2.43. The number of halogens is 1. The highest BCUT2D eigenvalue weighted by atomic mass is 35.5. The van der Waals surface area contributed by atoms with Gasteiger partial charge in [-0.05, 0) is 49.2 Å². The van der Waals surface area contributed by atoms with Gasteiger partial charge in [-0.2, -0.15) is 0 Å². The number of hydrogen-bond acceptors (Lipinski definition) is 5. The summed E-state index contributed by atoms with van der Waals surface area (Å²) in [5.74, 6) is -1.12. The topological polar surface area (TPSA) is 83.9 Å². The summed E-state index contributed by atoms with van der Waals surface area (Å²) in [6.07, 6.45) is 6.30. The second-order valence-corrected chi connectivity index (χ2v) is 8.24. The van der Waals surface area contributed by atoms with E-state index in [-0.39, 0.29) is 17.4 Å². The zero-order valence-corrected chi connectivity index (χ0v) is 16.9. The van der Waals surface area contributed by atoms with Crippen LogP contribution in [0.1, 0.15) is 54.5 Å². The predicted octanol–water partition coefficient (Wildman–Crippen LogP) is 5.59. The molecule has 1 aliphatic heterocycles. The molecule has 30 heavy (non-hydrogen) atoms. The molecule has 7 heteroatoms. The maximum Gasteiger partial charge on any atom is 0.290 e. The second kappa shape index (κ2) is 7.36. The van der Waals surface area contributed by atoms with Gasteiger partial charge in [-0.3, -0.25) is 9.59 Å². The van der Waals surface area contributed by atoms with Crippen LogP contribution in [0.4, 0.5) is 0 Å². The molecular weight excluding hydrogens is 406 g/mol. The van der Waals surface area contributed by atoms with Crippen molar-refractivity contribution in [3.05, 3.63) is 70.5 Å². The Bertz CT molecular complexity index is 1150. The van der Waals surface area contributed by atoms with Crippen LogP contribution in [0.2, 0.25) is 5.02 Å². The zero-order chi connectivity index (χ0) is 20.8. The average molecular weight is 426 g/mol. The van der Waals surface area contributed by atoms with Gasteiger partial charge in [-0.1, -0.05) is 30.9 Å². The van der Waals surface area contributed by atoms with E-state index in [2.05, 4.69) is 0 Å². The van der Waals surface area contributed by atoms with Crippen molar-refractivity contribution in [2.24, 2.45) is 0 Å². The Morgan fingerprint density at radius 3 is 2.67 bits per heavy atom. The molecule has 1 amide bonds. The molecule has 0 saturated heterocycles. The number of rotatable bonds is 4. The van der Waals surface area contributed by atoms with E-state index in [4.69, 9.17) is 20.4 Å². The molecule has 1 N–H and O–H groups in total. The number of aliphatic hydroxyl groups is 1. The third-order valence-corrected chi connectivity index (χ3v) is 6.21. The van der Waals surface area contributed by atoms with Crippen molar-refractivity contribution in [3.63, 3.8) is 0 Å². The van der Waals surface area contributed by atoms with Crippen molar-refractivity contribution in [2.45, 2.75) is 44.2 Å². The molecule has 1 aromatic carbocycles. The normalized spacial score (nSPS) is 20.5. The van der Waals surface area contributed by atoms with Gasteiger partial charge in [0.1, 0.15) is 17.4 Å². The van der Waals surface area contributed by atoms with Crippen molar-refractivity contribution in [2.75, 3.05) is 0 Å². The second-order valence-electron chi connectivity index (χ2n) is 7.81. The van der Waals surface area contributed by atoms with Crippen LogP contribution in [-0.4, -0.2) is 27.7 Å². The average Bonchev–Trinajstić information content (AvgIpc) is 3.47. The third kappa shape index (κ3) is 3.03. The van der Waals surface area contributed by atoms with E-state index in [1.54, 1.807) is 41.3 Å². The summed E-state index contributed by atoms with van der Waals surface area (Å²) in [7, 11) is 0. The molecule has 0 bridgehead atoms. The van der Waals surface area contributed by atoms with Crippen LogP contribution in [0, 0.1) is 0 Å². The number of fused-ring (bicyclic) bond motifs is 1.